The summed E-state index contributed by atoms with van der Waals surface area (Å²) in [5.41, 5.74) is 32.2. The molecular weight excluding hydrogens is 516 g/mol. The van der Waals surface area contributed by atoms with Crippen LogP contribution in [0.4, 0.5) is 0 Å². The van der Waals surface area contributed by atoms with Crippen LogP contribution in [-0.4, -0.2) is 83.8 Å². The van der Waals surface area contributed by atoms with Gasteiger partial charge in [0, 0.05) is 19.4 Å². The second-order valence-corrected chi connectivity index (χ2v) is 8.87. The van der Waals surface area contributed by atoms with Crippen LogP contribution in [0.2, 0.25) is 0 Å². The number of carbonyl (C=O) groups is 6. The molecular formula is C22H42N10O7. The van der Waals surface area contributed by atoms with Gasteiger partial charge in [0.05, 0.1) is 6.04 Å². The summed E-state index contributed by atoms with van der Waals surface area (Å²) < 4.78 is 0. The van der Waals surface area contributed by atoms with E-state index in [9.17, 15) is 33.9 Å². The van der Waals surface area contributed by atoms with E-state index in [1.54, 1.807) is 0 Å². The number of nitrogens with zero attached hydrogens (tertiary/aromatic N) is 1. The van der Waals surface area contributed by atoms with Crippen molar-refractivity contribution in [1.82, 2.24) is 16.0 Å². The number of nitrogens with two attached hydrogens (primary N) is 6. The van der Waals surface area contributed by atoms with Crippen molar-refractivity contribution in [1.29, 1.82) is 0 Å². The lowest BCUT2D eigenvalue weighted by Crippen LogP contribution is -2.57. The molecule has 0 aromatic rings. The van der Waals surface area contributed by atoms with E-state index in [2.05, 4.69) is 20.9 Å². The van der Waals surface area contributed by atoms with Crippen LogP contribution >= 0.6 is 0 Å². The molecule has 0 aliphatic heterocycles. The zero-order valence-electron chi connectivity index (χ0n) is 21.9. The number of primary amides is 2. The molecule has 0 bridgehead atoms. The van der Waals surface area contributed by atoms with E-state index in [-0.39, 0.29) is 51.0 Å². The Bertz CT molecular complexity index is 879. The zero-order chi connectivity index (χ0) is 30.0. The van der Waals surface area contributed by atoms with Crippen molar-refractivity contribution in [3.63, 3.8) is 0 Å². The zero-order valence-corrected chi connectivity index (χ0v) is 21.9. The summed E-state index contributed by atoms with van der Waals surface area (Å²) in [6.07, 6.45) is 0.738. The molecule has 17 heteroatoms. The molecule has 16 N–H and O–H groups in total. The molecule has 0 saturated heterocycles. The monoisotopic (exact) mass is 558 g/mol. The fourth-order valence-corrected chi connectivity index (χ4v) is 3.33. The van der Waals surface area contributed by atoms with Crippen molar-refractivity contribution in [2.24, 2.45) is 39.4 Å². The highest BCUT2D eigenvalue weighted by Crippen LogP contribution is 2.06. The van der Waals surface area contributed by atoms with E-state index >= 15 is 0 Å². The molecule has 0 fully saturated rings. The van der Waals surface area contributed by atoms with Gasteiger partial charge in [-0.25, -0.2) is 4.79 Å². The minimum Gasteiger partial charge on any atom is -0.480 e. The number of amides is 5. The molecule has 39 heavy (non-hydrogen) atoms. The molecule has 0 aliphatic rings. The molecule has 0 radical (unpaired) electrons. The smallest absolute Gasteiger partial charge is 0.326 e. The van der Waals surface area contributed by atoms with E-state index in [1.807, 2.05) is 0 Å². The Morgan fingerprint density at radius 3 is 1.64 bits per heavy atom. The van der Waals surface area contributed by atoms with E-state index < -0.39 is 59.7 Å². The van der Waals surface area contributed by atoms with E-state index in [4.69, 9.17) is 34.4 Å². The third-order valence-electron chi connectivity index (χ3n) is 5.49. The number of aliphatic imine (C=N–C) groups is 1. The number of unbranched alkanes of at least 4 members (excludes halogenated alkanes) is 1. The Hall–Kier alpha value is -3.99. The molecule has 0 saturated carbocycles. The summed E-state index contributed by atoms with van der Waals surface area (Å²) in [5.74, 6) is -5.47. The topological polar surface area (TPSA) is 327 Å². The molecule has 17 nitrogen and oxygen atoms in total. The lowest BCUT2D eigenvalue weighted by atomic mass is 10.0. The molecule has 0 spiro atoms. The number of hydrogen-bond acceptors (Lipinski definition) is 9. The van der Waals surface area contributed by atoms with Crippen molar-refractivity contribution in [3.8, 4) is 0 Å². The highest BCUT2D eigenvalue weighted by Gasteiger charge is 2.30. The summed E-state index contributed by atoms with van der Waals surface area (Å²) in [5, 5.41) is 16.6. The predicted octanol–water partition coefficient (Wildman–Crippen LogP) is -4.43. The van der Waals surface area contributed by atoms with E-state index in [0.29, 0.717) is 25.8 Å². The van der Waals surface area contributed by atoms with Crippen molar-refractivity contribution in [2.45, 2.75) is 82.0 Å². The Balaban J connectivity index is 5.66. The fourth-order valence-electron chi connectivity index (χ4n) is 3.33. The van der Waals surface area contributed by atoms with Crippen LogP contribution in [0.25, 0.3) is 0 Å². The van der Waals surface area contributed by atoms with Crippen molar-refractivity contribution in [3.05, 3.63) is 0 Å². The number of carboxylic acid groups (broad SMARTS) is 1. The largest absolute Gasteiger partial charge is 0.480 e. The summed E-state index contributed by atoms with van der Waals surface area (Å²) in [6, 6.07) is -4.96. The molecule has 4 atom stereocenters. The Kier molecular flexibility index (Phi) is 17.2. The first-order valence-electron chi connectivity index (χ1n) is 12.5. The van der Waals surface area contributed by atoms with E-state index in [1.165, 1.54) is 0 Å². The highest BCUT2D eigenvalue weighted by atomic mass is 16.4. The molecule has 0 aromatic heterocycles. The van der Waals surface area contributed by atoms with E-state index in [0.717, 1.165) is 0 Å². The third-order valence-corrected chi connectivity index (χ3v) is 5.49. The van der Waals surface area contributed by atoms with Gasteiger partial charge in [0.25, 0.3) is 0 Å². The quantitative estimate of drug-likeness (QED) is 0.0364. The molecule has 0 aromatic carbocycles. The Morgan fingerprint density at radius 1 is 0.667 bits per heavy atom. The normalized spacial score (nSPS) is 13.7. The molecule has 0 aliphatic carbocycles. The SMILES string of the molecule is NCCCCC(N)C(=O)NC(CCCN=C(N)N)C(=O)NC(CCC(N)=O)C(=O)NC(CCC(N)=O)C(=O)O. The lowest BCUT2D eigenvalue weighted by molar-refractivity contribution is -0.142. The first kappa shape index (κ1) is 35.0. The van der Waals surface area contributed by atoms with Gasteiger partial charge in [-0.1, -0.05) is 6.42 Å². The van der Waals surface area contributed by atoms with Crippen LogP contribution in [0.3, 0.4) is 0 Å². The van der Waals surface area contributed by atoms with Gasteiger partial charge < -0.3 is 55.5 Å². The van der Waals surface area contributed by atoms with Gasteiger partial charge in [-0.3, -0.25) is 29.0 Å². The number of rotatable bonds is 21. The summed E-state index contributed by atoms with van der Waals surface area (Å²) in [6.45, 7) is 0.584. The summed E-state index contributed by atoms with van der Waals surface area (Å²) >= 11 is 0. The average molecular weight is 559 g/mol. The van der Waals surface area contributed by atoms with Crippen LogP contribution in [0.5, 0.6) is 0 Å². The highest BCUT2D eigenvalue weighted by molar-refractivity contribution is 5.94. The van der Waals surface area contributed by atoms with Crippen LogP contribution in [0.1, 0.15) is 57.8 Å². The average Bonchev–Trinajstić information content (AvgIpc) is 2.84. The van der Waals surface area contributed by atoms with Gasteiger partial charge in [-0.15, -0.1) is 0 Å². The first-order valence-corrected chi connectivity index (χ1v) is 12.5. The second kappa shape index (κ2) is 19.1. The fraction of sp³-hybridized carbons (Fsp3) is 0.682. The number of aliphatic carboxylic acids is 1. The van der Waals surface area contributed by atoms with Crippen LogP contribution in [-0.2, 0) is 28.8 Å². The third kappa shape index (κ3) is 16.5. The van der Waals surface area contributed by atoms with Gasteiger partial charge in [-0.2, -0.15) is 0 Å². The van der Waals surface area contributed by atoms with Crippen molar-refractivity contribution < 1.29 is 33.9 Å². The minimum atomic E-state index is -1.49. The van der Waals surface area contributed by atoms with Gasteiger partial charge >= 0.3 is 5.97 Å². The van der Waals surface area contributed by atoms with Gasteiger partial charge in [0.15, 0.2) is 5.96 Å². The predicted molar refractivity (Wildman–Crippen MR) is 141 cm³/mol. The minimum absolute atomic E-state index is 0.0599. The van der Waals surface area contributed by atoms with Crippen molar-refractivity contribution >= 4 is 41.5 Å². The second-order valence-electron chi connectivity index (χ2n) is 8.87. The Labute approximate surface area is 226 Å². The van der Waals surface area contributed by atoms with Crippen LogP contribution in [0, 0.1) is 0 Å². The first-order chi connectivity index (χ1) is 18.3. The number of carbonyl (C=O) groups excluding carboxylic acids is 5. The van der Waals surface area contributed by atoms with Crippen molar-refractivity contribution in [2.75, 3.05) is 13.1 Å². The maximum atomic E-state index is 13.1. The summed E-state index contributed by atoms with van der Waals surface area (Å²) in [7, 11) is 0. The lowest BCUT2D eigenvalue weighted by Gasteiger charge is -2.25. The maximum Gasteiger partial charge on any atom is 0.326 e. The molecule has 0 rings (SSSR count). The van der Waals surface area contributed by atoms with Gasteiger partial charge in [-0.05, 0) is 45.1 Å². The summed E-state index contributed by atoms with van der Waals surface area (Å²) in [4.78, 5) is 76.3. The van der Waals surface area contributed by atoms with Crippen LogP contribution in [0.15, 0.2) is 4.99 Å². The maximum absolute atomic E-state index is 13.1. The molecule has 0 heterocycles. The number of hydrogen-bond donors (Lipinski definition) is 10. The van der Waals surface area contributed by atoms with Crippen LogP contribution < -0.4 is 50.4 Å². The molecule has 222 valence electrons. The Morgan fingerprint density at radius 2 is 1.15 bits per heavy atom. The number of carboxylic acids is 1. The molecule has 5 amide bonds. The number of guanidine groups is 1. The number of nitrogens with one attached hydrogen (secondary N) is 3. The molecule has 4 unspecified atom stereocenters. The van der Waals surface area contributed by atoms with Gasteiger partial charge in [0.2, 0.25) is 29.5 Å². The van der Waals surface area contributed by atoms with Gasteiger partial charge in [0.1, 0.15) is 18.1 Å². The standard InChI is InChI=1S/C22H42N10O7/c23-10-2-1-4-12(24)18(35)30-13(5-3-11-29-22(27)28)19(36)31-14(6-8-16(25)33)20(37)32-15(21(38)39)7-9-17(26)34/h12-15H,1-11,23-24H2,(H2,25,33)(H2,26,34)(H,30,35)(H,31,36)(H,32,37)(H,38,39)(H4,27,28,29).